The van der Waals surface area contributed by atoms with Crippen molar-refractivity contribution in [1.29, 1.82) is 0 Å². The van der Waals surface area contributed by atoms with Gasteiger partial charge in [-0.1, -0.05) is 63.2 Å². The molecule has 1 atom stereocenters. The lowest BCUT2D eigenvalue weighted by Crippen LogP contribution is -2.35. The van der Waals surface area contributed by atoms with Crippen molar-refractivity contribution in [1.82, 2.24) is 5.32 Å². The van der Waals surface area contributed by atoms with Gasteiger partial charge in [-0.2, -0.15) is 0 Å². The molecular weight excluding hydrogens is 514 g/mol. The van der Waals surface area contributed by atoms with Crippen molar-refractivity contribution in [2.24, 2.45) is 0 Å². The maximum atomic E-state index is 14.2. The smallest absolute Gasteiger partial charge is 0.254 e. The molecule has 0 unspecified atom stereocenters. The molecule has 212 valence electrons. The molecule has 0 aliphatic carbocycles. The number of fused-ring (bicyclic) bond motifs is 1. The van der Waals surface area contributed by atoms with Crippen LogP contribution in [-0.2, 0) is 28.9 Å². The summed E-state index contributed by atoms with van der Waals surface area (Å²) >= 11 is 0. The van der Waals surface area contributed by atoms with E-state index >= 15 is 0 Å². The zero-order valence-electron chi connectivity index (χ0n) is 24.3. The second-order valence-electron chi connectivity index (χ2n) is 10.3. The summed E-state index contributed by atoms with van der Waals surface area (Å²) in [4.78, 5) is 28.3. The molecule has 5 rings (SSSR count). The molecule has 0 saturated carbocycles. The Balaban J connectivity index is 1.60. The highest BCUT2D eigenvalue weighted by atomic mass is 16.7. The van der Waals surface area contributed by atoms with E-state index in [-0.39, 0.29) is 18.6 Å². The summed E-state index contributed by atoms with van der Waals surface area (Å²) in [6.07, 6.45) is 2.35. The van der Waals surface area contributed by atoms with Gasteiger partial charge in [0.05, 0.1) is 0 Å². The van der Waals surface area contributed by atoms with Crippen LogP contribution in [0.5, 0.6) is 11.5 Å². The first-order valence-corrected chi connectivity index (χ1v) is 14.3. The molecule has 3 aromatic carbocycles. The number of carbonyl (C=O) groups excluding carboxylic acids is 2. The Kier molecular flexibility index (Phi) is 8.15. The van der Waals surface area contributed by atoms with Crippen LogP contribution < -0.4 is 25.4 Å². The van der Waals surface area contributed by atoms with Gasteiger partial charge in [-0.05, 0) is 73.6 Å². The number of rotatable bonds is 8. The summed E-state index contributed by atoms with van der Waals surface area (Å²) in [7, 11) is 0. The maximum absolute atomic E-state index is 14.2. The molecule has 0 radical (unpaired) electrons. The minimum Gasteiger partial charge on any atom is -0.454 e. The zero-order valence-corrected chi connectivity index (χ0v) is 24.3. The van der Waals surface area contributed by atoms with Crippen LogP contribution >= 0.6 is 0 Å². The fourth-order valence-corrected chi connectivity index (χ4v) is 5.75. The van der Waals surface area contributed by atoms with E-state index in [9.17, 15) is 9.59 Å². The van der Waals surface area contributed by atoms with Crippen molar-refractivity contribution in [3.63, 3.8) is 0 Å². The molecule has 2 aliphatic heterocycles. The average Bonchev–Trinajstić information content (AvgIpc) is 3.45. The molecule has 0 aromatic heterocycles. The van der Waals surface area contributed by atoms with Crippen molar-refractivity contribution in [3.05, 3.63) is 105 Å². The lowest BCUT2D eigenvalue weighted by atomic mass is 9.79. The number of anilines is 2. The van der Waals surface area contributed by atoms with Gasteiger partial charge in [0.2, 0.25) is 6.79 Å². The van der Waals surface area contributed by atoms with E-state index in [0.717, 1.165) is 52.9 Å². The molecule has 3 aromatic rings. The highest BCUT2D eigenvalue weighted by molar-refractivity contribution is 6.12. The lowest BCUT2D eigenvalue weighted by Gasteiger charge is -2.32. The molecule has 3 N–H and O–H groups in total. The Labute approximate surface area is 241 Å². The number of amides is 2. The standard InChI is InChI=1S/C34H37N3O4/c1-6-22-12-9-10-15-26(22)36-33(38)29-20(4)35-21(5)30(31(29)25-16-17-27-28(18-25)41-19-40-27)34(39)37-32-23(7-2)13-11-14-24(32)8-3/h9-18,31,35H,6-8,19H2,1-5H3,(H,36,38)(H,37,39)/t31-/m1/s1. The molecular formula is C34H37N3O4. The molecule has 7 nitrogen and oxygen atoms in total. The summed E-state index contributed by atoms with van der Waals surface area (Å²) in [5, 5.41) is 9.69. The highest BCUT2D eigenvalue weighted by Crippen LogP contribution is 2.43. The molecule has 2 aliphatic rings. The molecule has 2 heterocycles. The number of para-hydroxylation sites is 2. The first-order valence-electron chi connectivity index (χ1n) is 14.3. The minimum atomic E-state index is -0.640. The molecule has 0 saturated heterocycles. The summed E-state index contributed by atoms with van der Waals surface area (Å²) < 4.78 is 11.2. The average molecular weight is 552 g/mol. The van der Waals surface area contributed by atoms with Crippen LogP contribution in [0.1, 0.15) is 62.8 Å². The number of aryl methyl sites for hydroxylation is 3. The lowest BCUT2D eigenvalue weighted by molar-refractivity contribution is -0.113. The quantitative estimate of drug-likeness (QED) is 0.293. The normalized spacial score (nSPS) is 16.0. The topological polar surface area (TPSA) is 88.7 Å². The third-order valence-electron chi connectivity index (χ3n) is 7.86. The van der Waals surface area contributed by atoms with Crippen LogP contribution in [-0.4, -0.2) is 18.6 Å². The van der Waals surface area contributed by atoms with Crippen LogP contribution in [0.25, 0.3) is 0 Å². The van der Waals surface area contributed by atoms with E-state index in [2.05, 4.69) is 36.7 Å². The van der Waals surface area contributed by atoms with Crippen LogP contribution in [0.4, 0.5) is 11.4 Å². The van der Waals surface area contributed by atoms with E-state index in [4.69, 9.17) is 9.47 Å². The second-order valence-corrected chi connectivity index (χ2v) is 10.3. The number of ether oxygens (including phenoxy) is 2. The summed E-state index contributed by atoms with van der Waals surface area (Å²) in [6, 6.07) is 19.5. The van der Waals surface area contributed by atoms with Gasteiger partial charge in [0.1, 0.15) is 0 Å². The van der Waals surface area contributed by atoms with Crippen LogP contribution in [0.2, 0.25) is 0 Å². The van der Waals surface area contributed by atoms with Gasteiger partial charge >= 0.3 is 0 Å². The number of benzene rings is 3. The number of hydrogen-bond donors (Lipinski definition) is 3. The van der Waals surface area contributed by atoms with Gasteiger partial charge in [0.15, 0.2) is 11.5 Å². The van der Waals surface area contributed by atoms with Gasteiger partial charge < -0.3 is 25.4 Å². The van der Waals surface area contributed by atoms with Crippen molar-refractivity contribution < 1.29 is 19.1 Å². The fourth-order valence-electron chi connectivity index (χ4n) is 5.75. The highest BCUT2D eigenvalue weighted by Gasteiger charge is 2.37. The van der Waals surface area contributed by atoms with Crippen molar-refractivity contribution in [2.45, 2.75) is 59.8 Å². The van der Waals surface area contributed by atoms with E-state index in [1.807, 2.05) is 74.5 Å². The fraction of sp³-hybridized carbons (Fsp3) is 0.294. The first-order chi connectivity index (χ1) is 19.9. The van der Waals surface area contributed by atoms with E-state index in [1.54, 1.807) is 0 Å². The van der Waals surface area contributed by atoms with E-state index in [0.29, 0.717) is 34.0 Å². The summed E-state index contributed by atoms with van der Waals surface area (Å²) in [5.41, 5.74) is 7.88. The second kappa shape index (κ2) is 11.9. The van der Waals surface area contributed by atoms with Crippen LogP contribution in [0.3, 0.4) is 0 Å². The number of allylic oxidation sites excluding steroid dienone is 2. The predicted octanol–water partition coefficient (Wildman–Crippen LogP) is 6.61. The van der Waals surface area contributed by atoms with Crippen LogP contribution in [0, 0.1) is 0 Å². The zero-order chi connectivity index (χ0) is 29.1. The molecule has 41 heavy (non-hydrogen) atoms. The Morgan fingerprint density at radius 3 is 2.00 bits per heavy atom. The number of dihydropyridines is 1. The van der Waals surface area contributed by atoms with Gasteiger partial charge in [-0.15, -0.1) is 0 Å². The Bertz CT molecular complexity index is 1550. The van der Waals surface area contributed by atoms with Gasteiger partial charge in [0, 0.05) is 39.8 Å². The molecule has 0 bridgehead atoms. The third kappa shape index (κ3) is 5.44. The maximum Gasteiger partial charge on any atom is 0.254 e. The van der Waals surface area contributed by atoms with Gasteiger partial charge in [-0.3, -0.25) is 9.59 Å². The van der Waals surface area contributed by atoms with E-state index < -0.39 is 5.92 Å². The number of nitrogens with one attached hydrogen (secondary N) is 3. The van der Waals surface area contributed by atoms with Gasteiger partial charge in [0.25, 0.3) is 11.8 Å². The Morgan fingerprint density at radius 1 is 0.756 bits per heavy atom. The van der Waals surface area contributed by atoms with Crippen molar-refractivity contribution >= 4 is 23.2 Å². The molecule has 7 heteroatoms. The summed E-state index contributed by atoms with van der Waals surface area (Å²) in [5.74, 6) is 0.0807. The molecule has 2 amide bonds. The predicted molar refractivity (Wildman–Crippen MR) is 162 cm³/mol. The SMILES string of the molecule is CCc1ccccc1NC(=O)C1=C(C)NC(C)=C(C(=O)Nc2c(CC)cccc2CC)[C@@H]1c1ccc2c(c1)OCO2. The van der Waals surface area contributed by atoms with Crippen molar-refractivity contribution in [3.8, 4) is 11.5 Å². The molecule has 0 spiro atoms. The Morgan fingerprint density at radius 2 is 1.34 bits per heavy atom. The van der Waals surface area contributed by atoms with Crippen LogP contribution in [0.15, 0.2) is 83.2 Å². The van der Waals surface area contributed by atoms with Crippen molar-refractivity contribution in [2.75, 3.05) is 17.4 Å². The monoisotopic (exact) mass is 551 g/mol. The first kappa shape index (κ1) is 28.0. The largest absolute Gasteiger partial charge is 0.454 e. The summed E-state index contributed by atoms with van der Waals surface area (Å²) in [6.45, 7) is 10.1. The molecule has 0 fully saturated rings. The number of hydrogen-bond acceptors (Lipinski definition) is 5. The third-order valence-corrected chi connectivity index (χ3v) is 7.86. The van der Waals surface area contributed by atoms with E-state index in [1.165, 1.54) is 0 Å². The Hall–Kier alpha value is -4.52. The number of carbonyl (C=O) groups is 2. The van der Waals surface area contributed by atoms with Gasteiger partial charge in [-0.25, -0.2) is 0 Å². The minimum absolute atomic E-state index is 0.136.